The van der Waals surface area contributed by atoms with E-state index in [1.165, 1.54) is 11.8 Å². The minimum atomic E-state index is -3.34. The largest absolute Gasteiger partial charge is 0.303 e. The molecule has 0 unspecified atom stereocenters. The number of carbonyl (C=O) groups is 2. The van der Waals surface area contributed by atoms with Crippen LogP contribution in [0.25, 0.3) is 0 Å². The fourth-order valence-corrected chi connectivity index (χ4v) is 6.27. The summed E-state index contributed by atoms with van der Waals surface area (Å²) in [5.74, 6) is 0.0800. The van der Waals surface area contributed by atoms with Crippen molar-refractivity contribution in [3.63, 3.8) is 0 Å². The van der Waals surface area contributed by atoms with Gasteiger partial charge in [0.1, 0.15) is 0 Å². The number of amides is 2. The fraction of sp³-hybridized carbons (Fsp3) is 0.310. The van der Waals surface area contributed by atoms with Crippen molar-refractivity contribution < 1.29 is 18.0 Å². The lowest BCUT2D eigenvalue weighted by Gasteiger charge is -2.30. The van der Waals surface area contributed by atoms with Gasteiger partial charge in [-0.2, -0.15) is 0 Å². The molecule has 2 fully saturated rings. The summed E-state index contributed by atoms with van der Waals surface area (Å²) >= 11 is 0. The lowest BCUT2D eigenvalue weighted by Crippen LogP contribution is -2.40. The van der Waals surface area contributed by atoms with E-state index in [1.807, 2.05) is 35.2 Å². The molecule has 7 heteroatoms. The van der Waals surface area contributed by atoms with Crippen molar-refractivity contribution in [3.8, 4) is 0 Å². The van der Waals surface area contributed by atoms with E-state index in [1.54, 1.807) is 48.5 Å². The van der Waals surface area contributed by atoms with Crippen molar-refractivity contribution in [1.82, 2.24) is 0 Å². The maximum atomic E-state index is 13.7. The third-order valence-electron chi connectivity index (χ3n) is 7.00. The summed E-state index contributed by atoms with van der Waals surface area (Å²) in [6, 6.07) is 23.1. The molecule has 3 aromatic carbocycles. The molecule has 0 saturated heterocycles. The molecule has 2 amide bonds. The van der Waals surface area contributed by atoms with Gasteiger partial charge in [0.25, 0.3) is 5.91 Å². The van der Waals surface area contributed by atoms with Crippen molar-refractivity contribution in [3.05, 3.63) is 84.4 Å². The Bertz CT molecular complexity index is 1390. The van der Waals surface area contributed by atoms with Crippen LogP contribution in [0.15, 0.2) is 83.8 Å². The molecule has 0 atom stereocenters. The molecule has 0 radical (unpaired) electrons. The predicted molar refractivity (Wildman–Crippen MR) is 141 cm³/mol. The van der Waals surface area contributed by atoms with Crippen LogP contribution >= 0.6 is 0 Å². The Labute approximate surface area is 212 Å². The van der Waals surface area contributed by atoms with E-state index in [2.05, 4.69) is 6.92 Å². The normalized spacial score (nSPS) is 16.3. The van der Waals surface area contributed by atoms with Gasteiger partial charge in [-0.05, 0) is 93.1 Å². The second kappa shape index (κ2) is 9.21. The second-order valence-corrected chi connectivity index (χ2v) is 12.1. The molecule has 0 aliphatic heterocycles. The first-order chi connectivity index (χ1) is 17.2. The van der Waals surface area contributed by atoms with Gasteiger partial charge in [-0.1, -0.05) is 24.3 Å². The Hall–Kier alpha value is -3.45. The highest BCUT2D eigenvalue weighted by molar-refractivity contribution is 7.91. The molecule has 0 heterocycles. The van der Waals surface area contributed by atoms with E-state index in [0.29, 0.717) is 16.9 Å². The first-order valence-electron chi connectivity index (χ1n) is 12.3. The van der Waals surface area contributed by atoms with Crippen molar-refractivity contribution in [2.24, 2.45) is 5.92 Å². The van der Waals surface area contributed by atoms with E-state index in [4.69, 9.17) is 0 Å². The molecule has 0 aromatic heterocycles. The zero-order valence-corrected chi connectivity index (χ0v) is 21.4. The molecule has 5 rings (SSSR count). The van der Waals surface area contributed by atoms with Crippen molar-refractivity contribution >= 4 is 38.7 Å². The number of hydrogen-bond acceptors (Lipinski definition) is 4. The van der Waals surface area contributed by atoms with Crippen LogP contribution in [0.1, 0.15) is 49.9 Å². The smallest absolute Gasteiger partial charge is 0.258 e. The topological polar surface area (TPSA) is 74.8 Å². The minimum Gasteiger partial charge on any atom is -0.303 e. The monoisotopic (exact) mass is 502 g/mol. The third-order valence-corrected chi connectivity index (χ3v) is 8.90. The number of carbonyl (C=O) groups excluding carboxylic acids is 2. The zero-order chi connectivity index (χ0) is 25.5. The van der Waals surface area contributed by atoms with Crippen LogP contribution < -0.4 is 9.80 Å². The Morgan fingerprint density at radius 2 is 1.50 bits per heavy atom. The van der Waals surface area contributed by atoms with Crippen LogP contribution in [-0.4, -0.2) is 31.5 Å². The standard InChI is InChI=1S/C29H30N2O4S/c1-21(32)30(24-13-15-27(16-14-24)36(34,35)20-22-11-12-22)26-10-6-7-23(19-26)28(33)31(29(2)17-18-29)25-8-4-3-5-9-25/h3-10,13-16,19,22H,11-12,17-18,20H2,1-2H3. The number of rotatable bonds is 8. The molecule has 0 bridgehead atoms. The minimum absolute atomic E-state index is 0.118. The summed E-state index contributed by atoms with van der Waals surface area (Å²) < 4.78 is 25.3. The van der Waals surface area contributed by atoms with Crippen LogP contribution in [-0.2, 0) is 14.6 Å². The molecule has 2 aliphatic carbocycles. The van der Waals surface area contributed by atoms with Crippen LogP contribution in [0.2, 0.25) is 0 Å². The average Bonchev–Trinajstić information content (AvgIpc) is 3.79. The van der Waals surface area contributed by atoms with Gasteiger partial charge in [-0.15, -0.1) is 0 Å². The first-order valence-corrected chi connectivity index (χ1v) is 14.0. The molecule has 0 N–H and O–H groups in total. The summed E-state index contributed by atoms with van der Waals surface area (Å²) in [6.07, 6.45) is 3.79. The summed E-state index contributed by atoms with van der Waals surface area (Å²) in [5, 5.41) is 0. The van der Waals surface area contributed by atoms with Crippen LogP contribution in [0.3, 0.4) is 0 Å². The number of para-hydroxylation sites is 1. The molecular weight excluding hydrogens is 472 g/mol. The zero-order valence-electron chi connectivity index (χ0n) is 20.6. The number of anilines is 3. The lowest BCUT2D eigenvalue weighted by atomic mass is 10.1. The Balaban J connectivity index is 1.45. The highest BCUT2D eigenvalue weighted by Gasteiger charge is 2.46. The Morgan fingerprint density at radius 1 is 0.861 bits per heavy atom. The van der Waals surface area contributed by atoms with Gasteiger partial charge in [0.05, 0.1) is 10.6 Å². The number of nitrogens with zero attached hydrogens (tertiary/aromatic N) is 2. The van der Waals surface area contributed by atoms with Crippen LogP contribution in [0.4, 0.5) is 17.1 Å². The van der Waals surface area contributed by atoms with Gasteiger partial charge in [0, 0.05) is 35.1 Å². The highest BCUT2D eigenvalue weighted by Crippen LogP contribution is 2.44. The summed E-state index contributed by atoms with van der Waals surface area (Å²) in [4.78, 5) is 30.0. The number of benzene rings is 3. The van der Waals surface area contributed by atoms with Gasteiger partial charge in [-0.25, -0.2) is 8.42 Å². The quantitative estimate of drug-likeness (QED) is 0.393. The molecule has 36 heavy (non-hydrogen) atoms. The van der Waals surface area contributed by atoms with E-state index in [0.717, 1.165) is 31.4 Å². The van der Waals surface area contributed by atoms with Gasteiger partial charge < -0.3 is 4.90 Å². The van der Waals surface area contributed by atoms with Crippen LogP contribution in [0.5, 0.6) is 0 Å². The Morgan fingerprint density at radius 3 is 2.08 bits per heavy atom. The van der Waals surface area contributed by atoms with Gasteiger partial charge >= 0.3 is 0 Å². The molecule has 0 spiro atoms. The summed E-state index contributed by atoms with van der Waals surface area (Å²) in [5.41, 5.74) is 2.21. The first kappa shape index (κ1) is 24.3. The SMILES string of the molecule is CC(=O)N(c1ccc(S(=O)(=O)CC2CC2)cc1)c1cccc(C(=O)N(c2ccccc2)C2(C)CC2)c1. The molecule has 2 saturated carbocycles. The molecule has 186 valence electrons. The van der Waals surface area contributed by atoms with Crippen LogP contribution in [0, 0.1) is 5.92 Å². The van der Waals surface area contributed by atoms with E-state index in [-0.39, 0.29) is 33.9 Å². The molecule has 2 aliphatic rings. The summed E-state index contributed by atoms with van der Waals surface area (Å²) in [6.45, 7) is 3.54. The maximum Gasteiger partial charge on any atom is 0.258 e. The number of hydrogen-bond donors (Lipinski definition) is 0. The average molecular weight is 503 g/mol. The Kier molecular flexibility index (Phi) is 6.20. The molecular formula is C29H30N2O4S. The number of sulfone groups is 1. The third kappa shape index (κ3) is 4.93. The lowest BCUT2D eigenvalue weighted by molar-refractivity contribution is -0.115. The van der Waals surface area contributed by atoms with Gasteiger partial charge in [0.2, 0.25) is 5.91 Å². The molecule has 3 aromatic rings. The maximum absolute atomic E-state index is 13.7. The van der Waals surface area contributed by atoms with E-state index < -0.39 is 9.84 Å². The van der Waals surface area contributed by atoms with E-state index in [9.17, 15) is 18.0 Å². The fourth-order valence-electron chi connectivity index (χ4n) is 4.57. The van der Waals surface area contributed by atoms with E-state index >= 15 is 0 Å². The highest BCUT2D eigenvalue weighted by atomic mass is 32.2. The van der Waals surface area contributed by atoms with Crippen molar-refractivity contribution in [2.75, 3.05) is 15.6 Å². The predicted octanol–water partition coefficient (Wildman–Crippen LogP) is 5.75. The van der Waals surface area contributed by atoms with Crippen molar-refractivity contribution in [2.45, 2.75) is 50.0 Å². The van der Waals surface area contributed by atoms with Gasteiger partial charge in [0.15, 0.2) is 9.84 Å². The summed E-state index contributed by atoms with van der Waals surface area (Å²) in [7, 11) is -3.34. The van der Waals surface area contributed by atoms with Gasteiger partial charge in [-0.3, -0.25) is 14.5 Å². The second-order valence-electron chi connectivity index (χ2n) is 10.1. The molecule has 6 nitrogen and oxygen atoms in total. The van der Waals surface area contributed by atoms with Crippen molar-refractivity contribution in [1.29, 1.82) is 0 Å².